The highest BCUT2D eigenvalue weighted by Crippen LogP contribution is 2.32. The summed E-state index contributed by atoms with van der Waals surface area (Å²) in [5, 5.41) is 0. The van der Waals surface area contributed by atoms with Crippen LogP contribution < -0.4 is 0 Å². The summed E-state index contributed by atoms with van der Waals surface area (Å²) < 4.78 is 11.8. The summed E-state index contributed by atoms with van der Waals surface area (Å²) in [7, 11) is 0. The number of ether oxygens (including phenoxy) is 2. The topological polar surface area (TPSA) is 42.0 Å². The van der Waals surface area contributed by atoms with Crippen molar-refractivity contribution in [3.63, 3.8) is 0 Å². The first kappa shape index (κ1) is 17.7. The summed E-state index contributed by atoms with van der Waals surface area (Å²) >= 11 is 0. The largest absolute Gasteiger partial charge is 0.377 e. The highest BCUT2D eigenvalue weighted by Gasteiger charge is 2.44. The fourth-order valence-electron chi connectivity index (χ4n) is 3.48. The van der Waals surface area contributed by atoms with E-state index < -0.39 is 0 Å². The first-order valence-electron chi connectivity index (χ1n) is 8.76. The molecule has 0 bridgehead atoms. The number of amides is 1. The molecule has 0 aromatic heterocycles. The van der Waals surface area contributed by atoms with E-state index in [9.17, 15) is 4.79 Å². The lowest BCUT2D eigenvalue weighted by Gasteiger charge is -2.49. The Morgan fingerprint density at radius 3 is 2.59 bits per heavy atom. The number of carbonyl (C=O) groups is 1. The van der Waals surface area contributed by atoms with Crippen molar-refractivity contribution in [1.29, 1.82) is 0 Å². The van der Waals surface area contributed by atoms with Gasteiger partial charge in [0.15, 0.2) is 0 Å². The maximum atomic E-state index is 12.2. The highest BCUT2D eigenvalue weighted by molar-refractivity contribution is 5.81. The van der Waals surface area contributed by atoms with Crippen molar-refractivity contribution < 1.29 is 14.3 Å². The van der Waals surface area contributed by atoms with Crippen LogP contribution in [0, 0.1) is 0 Å². The van der Waals surface area contributed by atoms with Crippen molar-refractivity contribution in [2.24, 2.45) is 0 Å². The van der Waals surface area contributed by atoms with E-state index in [1.54, 1.807) is 0 Å². The Labute approximate surface area is 134 Å². The summed E-state index contributed by atoms with van der Waals surface area (Å²) in [5.74, 6) is 0.153. The fourth-order valence-corrected chi connectivity index (χ4v) is 3.48. The minimum atomic E-state index is -0.295. The lowest BCUT2D eigenvalue weighted by atomic mass is 9.88. The average Bonchev–Trinajstić information content (AvgIpc) is 2.47. The zero-order chi connectivity index (χ0) is 16.2. The van der Waals surface area contributed by atoms with Crippen LogP contribution in [0.25, 0.3) is 0 Å². The van der Waals surface area contributed by atoms with E-state index in [0.29, 0.717) is 6.10 Å². The average molecular weight is 312 g/mol. The van der Waals surface area contributed by atoms with Crippen molar-refractivity contribution in [2.75, 3.05) is 39.3 Å². The Morgan fingerprint density at radius 1 is 1.32 bits per heavy atom. The van der Waals surface area contributed by atoms with Crippen LogP contribution in [0.1, 0.15) is 47.0 Å². The molecule has 0 aromatic carbocycles. The zero-order valence-electron chi connectivity index (χ0n) is 14.6. The fraction of sp³-hybridized carbons (Fsp3) is 0.941. The lowest BCUT2D eigenvalue weighted by Crippen LogP contribution is -2.61. The molecular weight excluding hydrogens is 280 g/mol. The van der Waals surface area contributed by atoms with Crippen LogP contribution in [0.3, 0.4) is 0 Å². The van der Waals surface area contributed by atoms with E-state index in [1.165, 1.54) is 0 Å². The molecular formula is C17H32N2O3. The SMILES string of the molecule is CCCN1CC2(CCN(CCOC(C)C)CC2)O[C@@H](C)C1=O. The Balaban J connectivity index is 1.84. The molecule has 5 nitrogen and oxygen atoms in total. The quantitative estimate of drug-likeness (QED) is 0.751. The van der Waals surface area contributed by atoms with Crippen molar-refractivity contribution in [2.45, 2.75) is 64.8 Å². The molecule has 0 aliphatic carbocycles. The molecule has 2 fully saturated rings. The van der Waals surface area contributed by atoms with Gasteiger partial charge in [0.2, 0.25) is 0 Å². The molecule has 2 aliphatic heterocycles. The predicted octanol–water partition coefficient (Wildman–Crippen LogP) is 1.90. The number of rotatable bonds is 6. The molecule has 2 aliphatic rings. The number of hydrogen-bond acceptors (Lipinski definition) is 4. The van der Waals surface area contributed by atoms with Gasteiger partial charge in [-0.05, 0) is 40.0 Å². The minimum Gasteiger partial charge on any atom is -0.377 e. The van der Waals surface area contributed by atoms with Gasteiger partial charge >= 0.3 is 0 Å². The lowest BCUT2D eigenvalue weighted by molar-refractivity contribution is -0.189. The van der Waals surface area contributed by atoms with Gasteiger partial charge in [-0.1, -0.05) is 6.92 Å². The van der Waals surface area contributed by atoms with Gasteiger partial charge in [-0.25, -0.2) is 0 Å². The maximum absolute atomic E-state index is 12.2. The Bertz CT molecular complexity index is 365. The van der Waals surface area contributed by atoms with Crippen LogP contribution in [-0.2, 0) is 14.3 Å². The van der Waals surface area contributed by atoms with E-state index in [0.717, 1.165) is 58.6 Å². The van der Waals surface area contributed by atoms with Crippen LogP contribution in [0.5, 0.6) is 0 Å². The number of carbonyl (C=O) groups excluding carboxylic acids is 1. The van der Waals surface area contributed by atoms with Crippen LogP contribution in [0.4, 0.5) is 0 Å². The van der Waals surface area contributed by atoms with Crippen molar-refractivity contribution in [3.8, 4) is 0 Å². The van der Waals surface area contributed by atoms with E-state index in [-0.39, 0.29) is 17.6 Å². The smallest absolute Gasteiger partial charge is 0.251 e. The van der Waals surface area contributed by atoms with E-state index in [1.807, 2.05) is 11.8 Å². The Morgan fingerprint density at radius 2 is 2.00 bits per heavy atom. The third-order valence-electron chi connectivity index (χ3n) is 4.68. The monoisotopic (exact) mass is 312 g/mol. The Kier molecular flexibility index (Phi) is 6.24. The van der Waals surface area contributed by atoms with Crippen LogP contribution in [0.2, 0.25) is 0 Å². The van der Waals surface area contributed by atoms with Crippen molar-refractivity contribution in [3.05, 3.63) is 0 Å². The molecule has 2 heterocycles. The van der Waals surface area contributed by atoms with E-state index in [2.05, 4.69) is 25.7 Å². The number of hydrogen-bond donors (Lipinski definition) is 0. The molecule has 1 spiro atoms. The second-order valence-electron chi connectivity index (χ2n) is 6.96. The molecule has 2 rings (SSSR count). The maximum Gasteiger partial charge on any atom is 0.251 e. The van der Waals surface area contributed by atoms with Gasteiger partial charge in [0, 0.05) is 32.7 Å². The molecule has 1 amide bonds. The normalized spacial score (nSPS) is 26.1. The molecule has 128 valence electrons. The van der Waals surface area contributed by atoms with Gasteiger partial charge in [-0.3, -0.25) is 4.79 Å². The molecule has 1 atom stereocenters. The molecule has 22 heavy (non-hydrogen) atoms. The number of morpholine rings is 1. The molecule has 0 N–H and O–H groups in total. The third kappa shape index (κ3) is 4.43. The van der Waals surface area contributed by atoms with Crippen molar-refractivity contribution in [1.82, 2.24) is 9.80 Å². The van der Waals surface area contributed by atoms with Gasteiger partial charge in [0.25, 0.3) is 5.91 Å². The molecule has 5 heteroatoms. The molecule has 2 saturated heterocycles. The summed E-state index contributed by atoms with van der Waals surface area (Å²) in [6.45, 7) is 13.6. The standard InChI is InChI=1S/C17H32N2O3/c1-5-8-19-13-17(22-15(4)16(19)20)6-9-18(10-7-17)11-12-21-14(2)3/h14-15H,5-13H2,1-4H3/t15-/m0/s1. The van der Waals surface area contributed by atoms with Gasteiger partial charge in [0.1, 0.15) is 6.10 Å². The second kappa shape index (κ2) is 7.75. The highest BCUT2D eigenvalue weighted by atomic mass is 16.5. The van der Waals surface area contributed by atoms with Gasteiger partial charge in [0.05, 0.1) is 18.3 Å². The van der Waals surface area contributed by atoms with Gasteiger partial charge in [-0.2, -0.15) is 0 Å². The first-order chi connectivity index (χ1) is 10.5. The van der Waals surface area contributed by atoms with Crippen LogP contribution in [0.15, 0.2) is 0 Å². The number of likely N-dealkylation sites (tertiary alicyclic amines) is 1. The van der Waals surface area contributed by atoms with E-state index >= 15 is 0 Å². The predicted molar refractivity (Wildman–Crippen MR) is 86.9 cm³/mol. The minimum absolute atomic E-state index is 0.127. The van der Waals surface area contributed by atoms with Gasteiger partial charge in [-0.15, -0.1) is 0 Å². The van der Waals surface area contributed by atoms with E-state index in [4.69, 9.17) is 9.47 Å². The van der Waals surface area contributed by atoms with Crippen molar-refractivity contribution >= 4 is 5.91 Å². The number of nitrogens with zero attached hydrogens (tertiary/aromatic N) is 2. The molecule has 0 unspecified atom stereocenters. The molecule has 0 aromatic rings. The zero-order valence-corrected chi connectivity index (χ0v) is 14.6. The molecule has 0 radical (unpaired) electrons. The van der Waals surface area contributed by atoms with Crippen LogP contribution >= 0.6 is 0 Å². The first-order valence-corrected chi connectivity index (χ1v) is 8.76. The summed E-state index contributed by atoms with van der Waals surface area (Å²) in [6.07, 6.45) is 3.02. The summed E-state index contributed by atoms with van der Waals surface area (Å²) in [4.78, 5) is 16.6. The summed E-state index contributed by atoms with van der Waals surface area (Å²) in [5.41, 5.74) is -0.127. The third-order valence-corrected chi connectivity index (χ3v) is 4.68. The van der Waals surface area contributed by atoms with Gasteiger partial charge < -0.3 is 19.3 Å². The second-order valence-corrected chi connectivity index (χ2v) is 6.96. The molecule has 0 saturated carbocycles. The Hall–Kier alpha value is -0.650. The summed E-state index contributed by atoms with van der Waals surface area (Å²) in [6, 6.07) is 0. The van der Waals surface area contributed by atoms with Crippen LogP contribution in [-0.4, -0.2) is 72.8 Å². The number of piperidine rings is 1.